The van der Waals surface area contributed by atoms with Crippen molar-refractivity contribution in [1.82, 2.24) is 14.9 Å². The lowest BCUT2D eigenvalue weighted by Crippen LogP contribution is -2.35. The maximum Gasteiger partial charge on any atom is 0.174 e. The third kappa shape index (κ3) is 3.04. The Morgan fingerprint density at radius 2 is 2.00 bits per heavy atom. The largest absolute Gasteiger partial charge is 0.453 e. The number of fused-ring (bicyclic) bond motifs is 1. The van der Waals surface area contributed by atoms with Gasteiger partial charge in [-0.2, -0.15) is 0 Å². The topological polar surface area (TPSA) is 54.3 Å². The number of hydrogen-bond donors (Lipinski definition) is 1. The van der Waals surface area contributed by atoms with Crippen molar-refractivity contribution in [2.24, 2.45) is 0 Å². The van der Waals surface area contributed by atoms with Gasteiger partial charge in [0.25, 0.3) is 0 Å². The number of nitrogens with zero attached hydrogens (tertiary/aromatic N) is 2. The zero-order valence-electron chi connectivity index (χ0n) is 12.1. The van der Waals surface area contributed by atoms with E-state index in [2.05, 4.69) is 14.9 Å². The SMILES string of the molecule is c1ccc2[nH]c(Sc3ccc(CN4CCOCC4)o3)nc2c1. The second kappa shape index (κ2) is 6.16. The van der Waals surface area contributed by atoms with E-state index in [9.17, 15) is 0 Å². The van der Waals surface area contributed by atoms with Crippen molar-refractivity contribution in [3.8, 4) is 0 Å². The molecule has 1 fully saturated rings. The number of benzene rings is 1. The highest BCUT2D eigenvalue weighted by molar-refractivity contribution is 7.99. The van der Waals surface area contributed by atoms with Crippen LogP contribution in [0, 0.1) is 0 Å². The molecule has 2 aromatic heterocycles. The summed E-state index contributed by atoms with van der Waals surface area (Å²) in [5.74, 6) is 0.987. The van der Waals surface area contributed by atoms with Crippen LogP contribution in [0.3, 0.4) is 0 Å². The maximum absolute atomic E-state index is 5.91. The van der Waals surface area contributed by atoms with Crippen LogP contribution < -0.4 is 0 Å². The van der Waals surface area contributed by atoms with Gasteiger partial charge in [0.05, 0.1) is 30.8 Å². The van der Waals surface area contributed by atoms with Gasteiger partial charge in [-0.25, -0.2) is 4.98 Å². The molecule has 3 aromatic rings. The molecular weight excluding hydrogens is 298 g/mol. The Balaban J connectivity index is 1.44. The minimum absolute atomic E-state index is 0.807. The second-order valence-corrected chi connectivity index (χ2v) is 6.26. The summed E-state index contributed by atoms with van der Waals surface area (Å²) in [5.41, 5.74) is 2.02. The van der Waals surface area contributed by atoms with Crippen molar-refractivity contribution in [2.75, 3.05) is 26.3 Å². The number of H-pyrrole nitrogens is 1. The molecule has 4 rings (SSSR count). The molecule has 1 aromatic carbocycles. The van der Waals surface area contributed by atoms with E-state index in [4.69, 9.17) is 9.15 Å². The predicted molar refractivity (Wildman–Crippen MR) is 85.0 cm³/mol. The summed E-state index contributed by atoms with van der Waals surface area (Å²) < 4.78 is 11.3. The molecule has 0 saturated carbocycles. The van der Waals surface area contributed by atoms with Crippen LogP contribution in [0.1, 0.15) is 5.76 Å². The van der Waals surface area contributed by atoms with Gasteiger partial charge in [-0.3, -0.25) is 4.90 Å². The molecule has 1 aliphatic rings. The standard InChI is InChI=1S/C16H17N3O2S/c1-2-4-14-13(3-1)17-16(18-14)22-15-6-5-12(21-15)11-19-7-9-20-10-8-19/h1-6H,7-11H2,(H,17,18). The molecule has 1 N–H and O–H groups in total. The van der Waals surface area contributed by atoms with Gasteiger partial charge in [0.1, 0.15) is 5.76 Å². The molecule has 22 heavy (non-hydrogen) atoms. The molecule has 0 bridgehead atoms. The fraction of sp³-hybridized carbons (Fsp3) is 0.312. The molecule has 1 saturated heterocycles. The Bertz CT molecular complexity index is 728. The summed E-state index contributed by atoms with van der Waals surface area (Å²) >= 11 is 1.52. The lowest BCUT2D eigenvalue weighted by molar-refractivity contribution is 0.0309. The molecule has 114 valence electrons. The lowest BCUT2D eigenvalue weighted by atomic mass is 10.3. The Labute approximate surface area is 132 Å². The minimum Gasteiger partial charge on any atom is -0.453 e. The third-order valence-corrected chi connectivity index (χ3v) is 4.49. The first-order valence-corrected chi connectivity index (χ1v) is 8.20. The Morgan fingerprint density at radius 3 is 2.86 bits per heavy atom. The number of aromatic nitrogens is 2. The summed E-state index contributed by atoms with van der Waals surface area (Å²) in [5, 5.41) is 1.72. The lowest BCUT2D eigenvalue weighted by Gasteiger charge is -2.25. The van der Waals surface area contributed by atoms with E-state index < -0.39 is 0 Å². The highest BCUT2D eigenvalue weighted by atomic mass is 32.2. The van der Waals surface area contributed by atoms with Gasteiger partial charge in [0.15, 0.2) is 10.2 Å². The molecule has 3 heterocycles. The summed E-state index contributed by atoms with van der Waals surface area (Å²) in [6.45, 7) is 4.38. The van der Waals surface area contributed by atoms with Gasteiger partial charge in [-0.05, 0) is 36.0 Å². The van der Waals surface area contributed by atoms with Crippen molar-refractivity contribution in [3.63, 3.8) is 0 Å². The fourth-order valence-electron chi connectivity index (χ4n) is 2.55. The molecule has 0 aliphatic carbocycles. The number of para-hydroxylation sites is 2. The number of nitrogens with one attached hydrogen (secondary N) is 1. The maximum atomic E-state index is 5.91. The smallest absolute Gasteiger partial charge is 0.174 e. The van der Waals surface area contributed by atoms with Crippen molar-refractivity contribution in [1.29, 1.82) is 0 Å². The van der Waals surface area contributed by atoms with Gasteiger partial charge in [-0.1, -0.05) is 12.1 Å². The molecule has 1 aliphatic heterocycles. The quantitative estimate of drug-likeness (QED) is 0.801. The third-order valence-electron chi connectivity index (χ3n) is 3.69. The van der Waals surface area contributed by atoms with Crippen LogP contribution >= 0.6 is 11.8 Å². The van der Waals surface area contributed by atoms with Crippen LogP contribution in [-0.4, -0.2) is 41.2 Å². The van der Waals surface area contributed by atoms with Crippen LogP contribution in [0.4, 0.5) is 0 Å². The molecule has 6 heteroatoms. The van der Waals surface area contributed by atoms with Crippen LogP contribution in [0.2, 0.25) is 0 Å². The van der Waals surface area contributed by atoms with E-state index in [0.717, 1.165) is 59.9 Å². The minimum atomic E-state index is 0.807. The molecular formula is C16H17N3O2S. The summed E-state index contributed by atoms with van der Waals surface area (Å²) in [6, 6.07) is 12.1. The van der Waals surface area contributed by atoms with Crippen LogP contribution in [0.15, 0.2) is 51.1 Å². The molecule has 0 radical (unpaired) electrons. The average Bonchev–Trinajstić information content (AvgIpc) is 3.14. The summed E-state index contributed by atoms with van der Waals surface area (Å²) in [7, 11) is 0. The number of morpholine rings is 1. The van der Waals surface area contributed by atoms with Gasteiger partial charge < -0.3 is 14.1 Å². The number of rotatable bonds is 4. The predicted octanol–water partition coefficient (Wildman–Crippen LogP) is 3.14. The van der Waals surface area contributed by atoms with Crippen molar-refractivity contribution in [2.45, 2.75) is 16.8 Å². The van der Waals surface area contributed by atoms with Gasteiger partial charge in [0, 0.05) is 13.1 Å². The number of hydrogen-bond acceptors (Lipinski definition) is 5. The van der Waals surface area contributed by atoms with Crippen molar-refractivity contribution in [3.05, 3.63) is 42.2 Å². The number of aromatic amines is 1. The van der Waals surface area contributed by atoms with E-state index in [1.54, 1.807) is 0 Å². The zero-order chi connectivity index (χ0) is 14.8. The zero-order valence-corrected chi connectivity index (χ0v) is 12.9. The van der Waals surface area contributed by atoms with Gasteiger partial charge in [0.2, 0.25) is 0 Å². The molecule has 0 unspecified atom stereocenters. The number of ether oxygens (including phenoxy) is 1. The van der Waals surface area contributed by atoms with Crippen LogP contribution in [0.25, 0.3) is 11.0 Å². The summed E-state index contributed by atoms with van der Waals surface area (Å²) in [6.07, 6.45) is 0. The number of imidazole rings is 1. The van der Waals surface area contributed by atoms with Crippen molar-refractivity contribution < 1.29 is 9.15 Å². The Hall–Kier alpha value is -1.76. The highest BCUT2D eigenvalue weighted by Crippen LogP contribution is 2.29. The normalized spacial score (nSPS) is 16.4. The van der Waals surface area contributed by atoms with E-state index in [0.29, 0.717) is 0 Å². The van der Waals surface area contributed by atoms with E-state index in [1.807, 2.05) is 36.4 Å². The monoisotopic (exact) mass is 315 g/mol. The van der Waals surface area contributed by atoms with E-state index in [1.165, 1.54) is 11.8 Å². The van der Waals surface area contributed by atoms with Crippen LogP contribution in [0.5, 0.6) is 0 Å². The highest BCUT2D eigenvalue weighted by Gasteiger charge is 2.14. The average molecular weight is 315 g/mol. The first-order valence-electron chi connectivity index (χ1n) is 7.38. The Kier molecular flexibility index (Phi) is 3.88. The van der Waals surface area contributed by atoms with Crippen LogP contribution in [-0.2, 0) is 11.3 Å². The first-order chi connectivity index (χ1) is 10.9. The fourth-order valence-corrected chi connectivity index (χ4v) is 3.33. The summed E-state index contributed by atoms with van der Waals surface area (Å²) in [4.78, 5) is 10.2. The molecule has 0 spiro atoms. The molecule has 0 atom stereocenters. The van der Waals surface area contributed by atoms with Gasteiger partial charge in [-0.15, -0.1) is 0 Å². The van der Waals surface area contributed by atoms with E-state index >= 15 is 0 Å². The first kappa shape index (κ1) is 13.9. The molecule has 5 nitrogen and oxygen atoms in total. The number of furan rings is 1. The second-order valence-electron chi connectivity index (χ2n) is 5.27. The Morgan fingerprint density at radius 1 is 1.14 bits per heavy atom. The molecule has 0 amide bonds. The van der Waals surface area contributed by atoms with Crippen molar-refractivity contribution >= 4 is 22.8 Å². The van der Waals surface area contributed by atoms with E-state index in [-0.39, 0.29) is 0 Å². The van der Waals surface area contributed by atoms with Gasteiger partial charge >= 0.3 is 0 Å².